The van der Waals surface area contributed by atoms with Crippen LogP contribution in [-0.4, -0.2) is 6.54 Å². The van der Waals surface area contributed by atoms with Gasteiger partial charge >= 0.3 is 0 Å². The topological polar surface area (TPSA) is 52.0 Å². The molecule has 0 unspecified atom stereocenters. The summed E-state index contributed by atoms with van der Waals surface area (Å²) >= 11 is 0. The molecule has 0 aromatic heterocycles. The van der Waals surface area contributed by atoms with Crippen LogP contribution in [0.4, 0.5) is 4.39 Å². The van der Waals surface area contributed by atoms with Crippen molar-refractivity contribution in [3.05, 3.63) is 35.1 Å². The predicted octanol–water partition coefficient (Wildman–Crippen LogP) is 1.09. The number of halogens is 1. The van der Waals surface area contributed by atoms with Crippen LogP contribution in [0.15, 0.2) is 18.2 Å². The summed E-state index contributed by atoms with van der Waals surface area (Å²) in [6.07, 6.45) is 0. The van der Waals surface area contributed by atoms with Crippen molar-refractivity contribution in [2.45, 2.75) is 13.0 Å². The van der Waals surface area contributed by atoms with Gasteiger partial charge in [-0.15, -0.1) is 0 Å². The normalized spacial score (nSPS) is 13.0. The summed E-state index contributed by atoms with van der Waals surface area (Å²) < 4.78 is 12.6. The number of hydrogen-bond donors (Lipinski definition) is 2. The van der Waals surface area contributed by atoms with Gasteiger partial charge in [0.25, 0.3) is 0 Å². The molecular weight excluding hydrogens is 155 g/mol. The van der Waals surface area contributed by atoms with Crippen molar-refractivity contribution in [1.82, 2.24) is 0 Å². The molecule has 1 aromatic rings. The molecule has 0 heterocycles. The van der Waals surface area contributed by atoms with Crippen LogP contribution < -0.4 is 11.5 Å². The zero-order chi connectivity index (χ0) is 9.14. The molecule has 0 aliphatic rings. The highest BCUT2D eigenvalue weighted by molar-refractivity contribution is 5.29. The third-order valence-electron chi connectivity index (χ3n) is 1.89. The molecule has 1 aromatic carbocycles. The first-order chi connectivity index (χ1) is 5.65. The molecule has 0 saturated carbocycles. The Hall–Kier alpha value is -0.930. The Morgan fingerprint density at radius 3 is 2.67 bits per heavy atom. The van der Waals surface area contributed by atoms with Crippen LogP contribution in [0, 0.1) is 12.7 Å². The van der Waals surface area contributed by atoms with Crippen molar-refractivity contribution in [3.63, 3.8) is 0 Å². The van der Waals surface area contributed by atoms with Gasteiger partial charge in [-0.3, -0.25) is 0 Å². The number of hydrogen-bond acceptors (Lipinski definition) is 2. The predicted molar refractivity (Wildman–Crippen MR) is 47.1 cm³/mol. The quantitative estimate of drug-likeness (QED) is 0.694. The van der Waals surface area contributed by atoms with Crippen LogP contribution in [0.2, 0.25) is 0 Å². The number of nitrogens with two attached hydrogens (primary N) is 2. The smallest absolute Gasteiger partial charge is 0.123 e. The SMILES string of the molecule is Cc1cc(F)ccc1[C@@H](N)CN. The maximum atomic E-state index is 12.6. The molecule has 0 spiro atoms. The van der Waals surface area contributed by atoms with Crippen molar-refractivity contribution in [3.8, 4) is 0 Å². The van der Waals surface area contributed by atoms with Crippen molar-refractivity contribution >= 4 is 0 Å². The minimum atomic E-state index is -0.236. The number of rotatable bonds is 2. The van der Waals surface area contributed by atoms with Gasteiger partial charge in [-0.05, 0) is 30.2 Å². The van der Waals surface area contributed by atoms with E-state index in [0.29, 0.717) is 6.54 Å². The van der Waals surface area contributed by atoms with Gasteiger partial charge in [0.1, 0.15) is 5.82 Å². The van der Waals surface area contributed by atoms with Crippen molar-refractivity contribution in [1.29, 1.82) is 0 Å². The van der Waals surface area contributed by atoms with Crippen molar-refractivity contribution < 1.29 is 4.39 Å². The Morgan fingerprint density at radius 1 is 1.50 bits per heavy atom. The summed E-state index contributed by atoms with van der Waals surface area (Å²) in [6.45, 7) is 2.21. The van der Waals surface area contributed by atoms with E-state index in [1.54, 1.807) is 6.07 Å². The van der Waals surface area contributed by atoms with Crippen LogP contribution in [0.3, 0.4) is 0 Å². The van der Waals surface area contributed by atoms with Crippen LogP contribution >= 0.6 is 0 Å². The fourth-order valence-corrected chi connectivity index (χ4v) is 1.18. The van der Waals surface area contributed by atoms with E-state index in [2.05, 4.69) is 0 Å². The summed E-state index contributed by atoms with van der Waals surface area (Å²) in [6, 6.07) is 4.36. The van der Waals surface area contributed by atoms with Gasteiger partial charge in [-0.25, -0.2) is 4.39 Å². The van der Waals surface area contributed by atoms with Gasteiger partial charge in [-0.2, -0.15) is 0 Å². The van der Waals surface area contributed by atoms with Gasteiger partial charge in [0.2, 0.25) is 0 Å². The largest absolute Gasteiger partial charge is 0.329 e. The zero-order valence-electron chi connectivity index (χ0n) is 7.05. The summed E-state index contributed by atoms with van der Waals surface area (Å²) in [4.78, 5) is 0. The summed E-state index contributed by atoms with van der Waals surface area (Å²) in [5, 5.41) is 0. The molecule has 2 nitrogen and oxygen atoms in total. The minimum absolute atomic E-state index is 0.189. The van der Waals surface area contributed by atoms with E-state index in [0.717, 1.165) is 11.1 Å². The van der Waals surface area contributed by atoms with Crippen LogP contribution in [0.25, 0.3) is 0 Å². The second-order valence-electron chi connectivity index (χ2n) is 2.84. The fraction of sp³-hybridized carbons (Fsp3) is 0.333. The van der Waals surface area contributed by atoms with Gasteiger partial charge in [-0.1, -0.05) is 6.07 Å². The molecule has 1 atom stereocenters. The number of benzene rings is 1. The highest BCUT2D eigenvalue weighted by Gasteiger charge is 2.06. The molecule has 3 heteroatoms. The molecule has 66 valence electrons. The maximum Gasteiger partial charge on any atom is 0.123 e. The Kier molecular flexibility index (Phi) is 2.78. The Bertz CT molecular complexity index is 273. The van der Waals surface area contributed by atoms with E-state index >= 15 is 0 Å². The van der Waals surface area contributed by atoms with E-state index in [-0.39, 0.29) is 11.9 Å². The van der Waals surface area contributed by atoms with Crippen molar-refractivity contribution in [2.24, 2.45) is 11.5 Å². The molecule has 0 amide bonds. The van der Waals surface area contributed by atoms with Gasteiger partial charge < -0.3 is 11.5 Å². The Morgan fingerprint density at radius 2 is 2.17 bits per heavy atom. The molecule has 1 rings (SSSR count). The van der Waals surface area contributed by atoms with Crippen LogP contribution in [0.1, 0.15) is 17.2 Å². The molecule has 12 heavy (non-hydrogen) atoms. The molecule has 0 fully saturated rings. The van der Waals surface area contributed by atoms with E-state index in [1.807, 2.05) is 6.92 Å². The third kappa shape index (κ3) is 1.81. The second kappa shape index (κ2) is 3.65. The zero-order valence-corrected chi connectivity index (χ0v) is 7.05. The van der Waals surface area contributed by atoms with Gasteiger partial charge in [0.15, 0.2) is 0 Å². The van der Waals surface area contributed by atoms with Gasteiger partial charge in [0, 0.05) is 12.6 Å². The maximum absolute atomic E-state index is 12.6. The summed E-state index contributed by atoms with van der Waals surface area (Å²) in [7, 11) is 0. The van der Waals surface area contributed by atoms with E-state index in [1.165, 1.54) is 12.1 Å². The highest BCUT2D eigenvalue weighted by Crippen LogP contribution is 2.15. The fourth-order valence-electron chi connectivity index (χ4n) is 1.18. The lowest BCUT2D eigenvalue weighted by molar-refractivity contribution is 0.623. The number of aryl methyl sites for hydroxylation is 1. The van der Waals surface area contributed by atoms with Crippen LogP contribution in [0.5, 0.6) is 0 Å². The van der Waals surface area contributed by atoms with E-state index in [9.17, 15) is 4.39 Å². The van der Waals surface area contributed by atoms with E-state index < -0.39 is 0 Å². The Balaban J connectivity index is 3.01. The lowest BCUT2D eigenvalue weighted by Gasteiger charge is -2.11. The molecule has 0 aliphatic carbocycles. The lowest BCUT2D eigenvalue weighted by Crippen LogP contribution is -2.21. The highest BCUT2D eigenvalue weighted by atomic mass is 19.1. The first-order valence-electron chi connectivity index (χ1n) is 3.87. The lowest BCUT2D eigenvalue weighted by atomic mass is 10.0. The third-order valence-corrected chi connectivity index (χ3v) is 1.89. The Labute approximate surface area is 71.4 Å². The minimum Gasteiger partial charge on any atom is -0.329 e. The van der Waals surface area contributed by atoms with Gasteiger partial charge in [0.05, 0.1) is 0 Å². The molecule has 0 aliphatic heterocycles. The monoisotopic (exact) mass is 168 g/mol. The summed E-state index contributed by atoms with van der Waals surface area (Å²) in [5.41, 5.74) is 12.9. The molecular formula is C9H13FN2. The molecule has 0 saturated heterocycles. The average molecular weight is 168 g/mol. The summed E-state index contributed by atoms with van der Waals surface area (Å²) in [5.74, 6) is -0.236. The standard InChI is InChI=1S/C9H13FN2/c1-6-4-7(10)2-3-8(6)9(12)5-11/h2-4,9H,5,11-12H2,1H3/t9-/m0/s1. The van der Waals surface area contributed by atoms with E-state index in [4.69, 9.17) is 11.5 Å². The van der Waals surface area contributed by atoms with Crippen LogP contribution in [-0.2, 0) is 0 Å². The first kappa shape index (κ1) is 9.16. The first-order valence-corrected chi connectivity index (χ1v) is 3.87. The molecule has 0 radical (unpaired) electrons. The average Bonchev–Trinajstić information content (AvgIpc) is 2.03. The molecule has 0 bridgehead atoms. The second-order valence-corrected chi connectivity index (χ2v) is 2.84. The molecule has 4 N–H and O–H groups in total. The van der Waals surface area contributed by atoms with Crippen molar-refractivity contribution in [2.75, 3.05) is 6.54 Å².